The summed E-state index contributed by atoms with van der Waals surface area (Å²) in [7, 11) is -4.00. The van der Waals surface area contributed by atoms with Gasteiger partial charge in [0.1, 0.15) is 11.6 Å². The molecule has 11 heavy (non-hydrogen) atoms. The Balaban J connectivity index is 2.82. The van der Waals surface area contributed by atoms with Crippen LogP contribution in [-0.2, 0) is 15.9 Å². The van der Waals surface area contributed by atoms with Crippen molar-refractivity contribution < 1.29 is 13.0 Å². The molecule has 0 saturated carbocycles. The molecular formula is C5H6N2O3S. The first-order valence-corrected chi connectivity index (χ1v) is 4.40. The van der Waals surface area contributed by atoms with Crippen molar-refractivity contribution >= 4 is 10.1 Å². The van der Waals surface area contributed by atoms with Crippen molar-refractivity contribution in [2.45, 2.75) is 5.75 Å². The number of hydrogen-bond donors (Lipinski definition) is 1. The van der Waals surface area contributed by atoms with Gasteiger partial charge < -0.3 is 0 Å². The molecule has 1 aromatic rings. The molecule has 60 valence electrons. The first-order chi connectivity index (χ1) is 5.08. The highest BCUT2D eigenvalue weighted by molar-refractivity contribution is 7.84. The van der Waals surface area contributed by atoms with Crippen LogP contribution in [0.1, 0.15) is 5.82 Å². The summed E-state index contributed by atoms with van der Waals surface area (Å²) in [6.07, 6.45) is 2.82. The molecule has 1 heterocycles. The second kappa shape index (κ2) is 2.93. The van der Waals surface area contributed by atoms with E-state index in [2.05, 4.69) is 9.97 Å². The maximum atomic E-state index is 10.3. The highest BCUT2D eigenvalue weighted by Crippen LogP contribution is 1.94. The molecular weight excluding hydrogens is 168 g/mol. The molecule has 1 aromatic heterocycles. The average Bonchev–Trinajstić information content (AvgIpc) is 1.85. The Morgan fingerprint density at radius 2 is 1.91 bits per heavy atom. The van der Waals surface area contributed by atoms with Gasteiger partial charge in [-0.3, -0.25) is 4.55 Å². The van der Waals surface area contributed by atoms with E-state index < -0.39 is 15.9 Å². The highest BCUT2D eigenvalue weighted by Gasteiger charge is 2.07. The van der Waals surface area contributed by atoms with Crippen LogP contribution in [0.25, 0.3) is 0 Å². The molecule has 0 bridgehead atoms. The van der Waals surface area contributed by atoms with E-state index in [0.717, 1.165) is 0 Å². The van der Waals surface area contributed by atoms with Crippen LogP contribution in [0.4, 0.5) is 0 Å². The molecule has 0 aliphatic heterocycles. The molecule has 5 nitrogen and oxygen atoms in total. The van der Waals surface area contributed by atoms with Crippen LogP contribution < -0.4 is 0 Å². The van der Waals surface area contributed by atoms with Crippen LogP contribution in [0.15, 0.2) is 18.5 Å². The predicted molar refractivity (Wildman–Crippen MR) is 37.3 cm³/mol. The lowest BCUT2D eigenvalue weighted by Crippen LogP contribution is -2.04. The van der Waals surface area contributed by atoms with Crippen molar-refractivity contribution in [3.05, 3.63) is 24.3 Å². The highest BCUT2D eigenvalue weighted by atomic mass is 32.2. The first kappa shape index (κ1) is 8.09. The molecule has 0 fully saturated rings. The minimum Gasteiger partial charge on any atom is -0.285 e. The van der Waals surface area contributed by atoms with E-state index in [4.69, 9.17) is 4.55 Å². The van der Waals surface area contributed by atoms with Crippen LogP contribution in [0, 0.1) is 0 Å². The minimum absolute atomic E-state index is 0.0926. The number of hydrogen-bond acceptors (Lipinski definition) is 4. The molecule has 0 radical (unpaired) electrons. The lowest BCUT2D eigenvalue weighted by molar-refractivity contribution is 0.480. The Morgan fingerprint density at radius 3 is 2.36 bits per heavy atom. The third-order valence-electron chi connectivity index (χ3n) is 0.931. The number of aromatic nitrogens is 2. The molecule has 1 rings (SSSR count). The van der Waals surface area contributed by atoms with Gasteiger partial charge in [0, 0.05) is 12.4 Å². The summed E-state index contributed by atoms with van der Waals surface area (Å²) in [4.78, 5) is 7.23. The fourth-order valence-electron chi connectivity index (χ4n) is 0.568. The minimum atomic E-state index is -4.00. The maximum absolute atomic E-state index is 10.3. The molecule has 0 unspecified atom stereocenters. The van der Waals surface area contributed by atoms with Crippen LogP contribution in [0.2, 0.25) is 0 Å². The van der Waals surface area contributed by atoms with Crippen molar-refractivity contribution in [3.63, 3.8) is 0 Å². The zero-order valence-corrected chi connectivity index (χ0v) is 6.32. The lowest BCUT2D eigenvalue weighted by Gasteiger charge is -1.93. The summed E-state index contributed by atoms with van der Waals surface area (Å²) < 4.78 is 28.9. The van der Waals surface area contributed by atoms with Gasteiger partial charge in [0.05, 0.1) is 0 Å². The predicted octanol–water partition coefficient (Wildman–Crippen LogP) is -0.136. The largest absolute Gasteiger partial charge is 0.285 e. The smallest absolute Gasteiger partial charge is 0.272 e. The van der Waals surface area contributed by atoms with Crippen LogP contribution in [0.3, 0.4) is 0 Å². The topological polar surface area (TPSA) is 80.2 Å². The van der Waals surface area contributed by atoms with Crippen molar-refractivity contribution in [1.29, 1.82) is 0 Å². The Hall–Kier alpha value is -1.01. The third-order valence-corrected chi connectivity index (χ3v) is 1.55. The zero-order chi connectivity index (χ0) is 8.32. The zero-order valence-electron chi connectivity index (χ0n) is 5.51. The fraction of sp³-hybridized carbons (Fsp3) is 0.200. The summed E-state index contributed by atoms with van der Waals surface area (Å²) >= 11 is 0. The third kappa shape index (κ3) is 3.06. The SMILES string of the molecule is O=S(=O)(O)Cc1ncccn1. The Kier molecular flexibility index (Phi) is 2.16. The summed E-state index contributed by atoms with van der Waals surface area (Å²) in [6.45, 7) is 0. The van der Waals surface area contributed by atoms with Crippen LogP contribution >= 0.6 is 0 Å². The molecule has 6 heteroatoms. The van der Waals surface area contributed by atoms with E-state index in [1.165, 1.54) is 12.4 Å². The van der Waals surface area contributed by atoms with Gasteiger partial charge in [-0.2, -0.15) is 8.42 Å². The Bertz CT molecular complexity index is 321. The summed E-state index contributed by atoms with van der Waals surface area (Å²) in [6, 6.07) is 1.56. The second-order valence-corrected chi connectivity index (χ2v) is 3.34. The van der Waals surface area contributed by atoms with Gasteiger partial charge in [0.25, 0.3) is 10.1 Å². The van der Waals surface area contributed by atoms with Crippen molar-refractivity contribution in [1.82, 2.24) is 9.97 Å². The second-order valence-electron chi connectivity index (χ2n) is 1.89. The summed E-state index contributed by atoms with van der Waals surface area (Å²) in [5, 5.41) is 0. The summed E-state index contributed by atoms with van der Waals surface area (Å²) in [5.74, 6) is -0.441. The average molecular weight is 174 g/mol. The van der Waals surface area contributed by atoms with E-state index in [1.807, 2.05) is 0 Å². The van der Waals surface area contributed by atoms with Gasteiger partial charge in [-0.15, -0.1) is 0 Å². The molecule has 0 spiro atoms. The molecule has 0 saturated heterocycles. The van der Waals surface area contributed by atoms with Crippen molar-refractivity contribution in [2.75, 3.05) is 0 Å². The van der Waals surface area contributed by atoms with E-state index in [0.29, 0.717) is 0 Å². The first-order valence-electron chi connectivity index (χ1n) is 2.79. The molecule has 0 aromatic carbocycles. The van der Waals surface area contributed by atoms with Crippen LogP contribution in [0.5, 0.6) is 0 Å². The Morgan fingerprint density at radius 1 is 1.36 bits per heavy atom. The Labute approximate surface area is 63.9 Å². The van der Waals surface area contributed by atoms with Gasteiger partial charge in [0.2, 0.25) is 0 Å². The van der Waals surface area contributed by atoms with Gasteiger partial charge in [0.15, 0.2) is 0 Å². The van der Waals surface area contributed by atoms with E-state index >= 15 is 0 Å². The maximum Gasteiger partial charge on any atom is 0.272 e. The molecule has 1 N–H and O–H groups in total. The fourth-order valence-corrected chi connectivity index (χ4v) is 1.04. The molecule has 0 aliphatic rings. The molecule has 0 atom stereocenters. The van der Waals surface area contributed by atoms with Gasteiger partial charge in [-0.05, 0) is 6.07 Å². The molecule has 0 amide bonds. The van der Waals surface area contributed by atoms with E-state index in [1.54, 1.807) is 6.07 Å². The van der Waals surface area contributed by atoms with Crippen molar-refractivity contribution in [3.8, 4) is 0 Å². The standard InChI is InChI=1S/C5H6N2O3S/c8-11(9,10)4-5-6-2-1-3-7-5/h1-3H,4H2,(H,8,9,10). The lowest BCUT2D eigenvalue weighted by atomic mass is 10.6. The quantitative estimate of drug-likeness (QED) is 0.631. The van der Waals surface area contributed by atoms with E-state index in [-0.39, 0.29) is 5.82 Å². The monoisotopic (exact) mass is 174 g/mol. The van der Waals surface area contributed by atoms with Crippen molar-refractivity contribution in [2.24, 2.45) is 0 Å². The van der Waals surface area contributed by atoms with Gasteiger partial charge in [-0.1, -0.05) is 0 Å². The number of nitrogens with zero attached hydrogens (tertiary/aromatic N) is 2. The van der Waals surface area contributed by atoms with E-state index in [9.17, 15) is 8.42 Å². The number of rotatable bonds is 2. The molecule has 0 aliphatic carbocycles. The van der Waals surface area contributed by atoms with Crippen LogP contribution in [-0.4, -0.2) is 22.9 Å². The normalized spacial score (nSPS) is 11.4. The van der Waals surface area contributed by atoms with Gasteiger partial charge >= 0.3 is 0 Å². The summed E-state index contributed by atoms with van der Waals surface area (Å²) in [5.41, 5.74) is 0. The van der Waals surface area contributed by atoms with Gasteiger partial charge in [-0.25, -0.2) is 9.97 Å².